The number of thioether (sulfide) groups is 1. The third kappa shape index (κ3) is 5.80. The molecule has 210 valence electrons. The molecule has 3 aliphatic rings. The molecule has 0 bridgehead atoms. The Morgan fingerprint density at radius 3 is 2.54 bits per heavy atom. The van der Waals surface area contributed by atoms with E-state index in [4.69, 9.17) is 4.42 Å². The van der Waals surface area contributed by atoms with Crippen LogP contribution in [0, 0.1) is 0 Å². The summed E-state index contributed by atoms with van der Waals surface area (Å²) in [6.07, 6.45) is 2.78. The molecule has 3 fully saturated rings. The predicted molar refractivity (Wildman–Crippen MR) is 138 cm³/mol. The first-order chi connectivity index (χ1) is 19.0. The molecule has 0 aliphatic carbocycles. The van der Waals surface area contributed by atoms with Gasteiger partial charge in [-0.1, -0.05) is 24.3 Å². The van der Waals surface area contributed by atoms with E-state index in [0.29, 0.717) is 5.76 Å². The van der Waals surface area contributed by atoms with Gasteiger partial charge in [-0.15, -0.1) is 17.5 Å². The second kappa shape index (κ2) is 11.8. The van der Waals surface area contributed by atoms with Crippen LogP contribution in [-0.4, -0.2) is 91.3 Å². The molecule has 4 heterocycles. The predicted octanol–water partition coefficient (Wildman–Crippen LogP) is -2.49. The number of hydrogen-bond donors (Lipinski definition) is 3. The van der Waals surface area contributed by atoms with Gasteiger partial charge in [0.15, 0.2) is 0 Å². The van der Waals surface area contributed by atoms with Gasteiger partial charge in [0, 0.05) is 4.75 Å². The van der Waals surface area contributed by atoms with Crippen molar-refractivity contribution in [3.63, 3.8) is 0 Å². The van der Waals surface area contributed by atoms with Crippen LogP contribution in [0.5, 0.6) is 5.75 Å². The van der Waals surface area contributed by atoms with E-state index >= 15 is 0 Å². The third-order valence-electron chi connectivity index (χ3n) is 6.82. The van der Waals surface area contributed by atoms with Crippen molar-refractivity contribution in [1.82, 2.24) is 25.4 Å². The topological polar surface area (TPSA) is 188 Å². The average Bonchev–Trinajstić information content (AvgIpc) is 3.61. The van der Waals surface area contributed by atoms with Crippen LogP contribution in [0.3, 0.4) is 0 Å². The van der Waals surface area contributed by atoms with Crippen molar-refractivity contribution in [3.05, 3.63) is 54.0 Å². The summed E-state index contributed by atoms with van der Waals surface area (Å²) in [6.45, 7) is 3.53. The molecule has 5 rings (SSSR count). The third-order valence-corrected chi connectivity index (χ3v) is 8.39. The Bertz CT molecular complexity index is 1380. The number of hydrogen-bond acceptors (Lipinski definition) is 9. The molecule has 0 spiro atoms. The summed E-state index contributed by atoms with van der Waals surface area (Å²) in [7, 11) is 0. The molecule has 3 N–H and O–H groups in total. The van der Waals surface area contributed by atoms with Crippen LogP contribution >= 0.6 is 11.8 Å². The van der Waals surface area contributed by atoms with Gasteiger partial charge in [-0.3, -0.25) is 9.59 Å². The maximum Gasteiger partial charge on any atom is 1.00 e. The summed E-state index contributed by atoms with van der Waals surface area (Å²) < 4.78 is 4.36. The largest absolute Gasteiger partial charge is 1.00 e. The van der Waals surface area contributed by atoms with Gasteiger partial charge in [0.2, 0.25) is 11.8 Å². The molecule has 0 radical (unpaired) electrons. The number of nitrogens with one attached hydrogen (secondary N) is 2. The zero-order valence-corrected chi connectivity index (χ0v) is 25.2. The number of carboxylic acids is 1. The molecule has 1 aromatic heterocycles. The maximum absolute atomic E-state index is 13.4. The summed E-state index contributed by atoms with van der Waals surface area (Å²) in [4.78, 5) is 66.1. The van der Waals surface area contributed by atoms with Crippen LogP contribution in [0.4, 0.5) is 9.59 Å². The Labute approximate surface area is 260 Å². The maximum atomic E-state index is 13.4. The monoisotopic (exact) mass is 592 g/mol. The molecule has 2 aromatic rings. The summed E-state index contributed by atoms with van der Waals surface area (Å²) in [5.41, 5.74) is 0.247. The smallest absolute Gasteiger partial charge is 0.872 e. The van der Waals surface area contributed by atoms with Crippen molar-refractivity contribution in [2.45, 2.75) is 42.1 Å². The number of hydrazone groups is 1. The van der Waals surface area contributed by atoms with Crippen molar-refractivity contribution >= 4 is 47.8 Å². The van der Waals surface area contributed by atoms with Gasteiger partial charge in [-0.25, -0.2) is 24.3 Å². The van der Waals surface area contributed by atoms with E-state index in [1.54, 1.807) is 26.0 Å². The van der Waals surface area contributed by atoms with Crippen molar-refractivity contribution in [1.29, 1.82) is 0 Å². The van der Waals surface area contributed by atoms with E-state index in [1.165, 1.54) is 53.4 Å². The molecule has 0 unspecified atom stereocenters. The van der Waals surface area contributed by atoms with Crippen LogP contribution in [0.1, 0.15) is 31.2 Å². The fraction of sp³-hybridized carbons (Fsp3) is 0.360. The standard InChI is InChI=1S/C25H26N6O8S.Na/c1-25(2)18(22(35)36)31-20(34)17(21(31)40-25)27-19(33)16(13-5-7-14(32)8-6-13)28-23(37)29-9-10-30(24(29)38)26-12-15-4-3-11-39-15;/h3-8,11-12,16-18,21,32H,9-10H2,1-2H3,(H,27,33)(H,28,37)(H,35,36);/q;+1/p-1/b26-12-;/t16-,17-,18+,21-;/m1./s1. The van der Waals surface area contributed by atoms with E-state index in [2.05, 4.69) is 15.7 Å². The number of urea groups is 2. The molecule has 0 saturated carbocycles. The first-order valence-corrected chi connectivity index (χ1v) is 13.1. The molecule has 14 nitrogen and oxygen atoms in total. The number of benzene rings is 1. The van der Waals surface area contributed by atoms with E-state index in [-0.39, 0.29) is 54.0 Å². The number of carboxylic acid groups (broad SMARTS) is 1. The number of fused-ring (bicyclic) bond motifs is 1. The van der Waals surface area contributed by atoms with Gasteiger partial charge >= 0.3 is 47.6 Å². The van der Waals surface area contributed by atoms with E-state index in [0.717, 1.165) is 9.91 Å². The van der Waals surface area contributed by atoms with Crippen molar-refractivity contribution in [3.8, 4) is 5.75 Å². The number of nitrogens with zero attached hydrogens (tertiary/aromatic N) is 4. The van der Waals surface area contributed by atoms with Crippen LogP contribution in [-0.2, 0) is 14.4 Å². The van der Waals surface area contributed by atoms with Crippen molar-refractivity contribution in [2.24, 2.45) is 5.10 Å². The molecular weight excluding hydrogens is 567 g/mol. The van der Waals surface area contributed by atoms with Crippen LogP contribution < -0.4 is 45.3 Å². The van der Waals surface area contributed by atoms with Gasteiger partial charge in [0.1, 0.15) is 29.3 Å². The molecule has 1 aromatic carbocycles. The number of carbonyl (C=O) groups excluding carboxylic acids is 4. The number of rotatable bonds is 7. The number of imide groups is 1. The summed E-state index contributed by atoms with van der Waals surface area (Å²) >= 11 is 1.26. The van der Waals surface area contributed by atoms with E-state index in [1.807, 2.05) is 0 Å². The summed E-state index contributed by atoms with van der Waals surface area (Å²) in [6, 6.07) is 3.43. The second-order valence-corrected chi connectivity index (χ2v) is 11.6. The number of aliphatic carboxylic acids is 1. The minimum absolute atomic E-state index is 0. The second-order valence-electron chi connectivity index (χ2n) is 9.85. The van der Waals surface area contributed by atoms with Crippen LogP contribution in [0.15, 0.2) is 52.2 Å². The molecular formula is C25H25N6NaO8S. The first kappa shape index (κ1) is 30.4. The normalized spacial score (nSPS) is 23.6. The Kier molecular flexibility index (Phi) is 8.73. The van der Waals surface area contributed by atoms with Gasteiger partial charge in [-0.05, 0) is 31.5 Å². The van der Waals surface area contributed by atoms with Gasteiger partial charge in [-0.2, -0.15) is 5.10 Å². The quantitative estimate of drug-likeness (QED) is 0.178. The first-order valence-electron chi connectivity index (χ1n) is 12.2. The Morgan fingerprint density at radius 2 is 1.90 bits per heavy atom. The fourth-order valence-corrected chi connectivity index (χ4v) is 6.48. The van der Waals surface area contributed by atoms with E-state index < -0.39 is 58.1 Å². The van der Waals surface area contributed by atoms with Crippen molar-refractivity contribution < 1.29 is 68.2 Å². The number of β-lactam (4-membered cyclic amide) rings is 1. The molecule has 3 saturated heterocycles. The summed E-state index contributed by atoms with van der Waals surface area (Å²) in [5.74, 6) is -2.36. The minimum atomic E-state index is -1.36. The minimum Gasteiger partial charge on any atom is -0.872 e. The molecule has 6 amide bonds. The molecule has 41 heavy (non-hydrogen) atoms. The van der Waals surface area contributed by atoms with Crippen molar-refractivity contribution in [2.75, 3.05) is 13.1 Å². The SMILES string of the molecule is CC1(C)S[C@@H]2[C@H](NC(=O)[C@H](NC(=O)N3CCN(/N=C\c4ccco4)C3=O)c3ccc([O-])cc3)C(=O)N2[C@H]1C(=O)O.[Na+]. The summed E-state index contributed by atoms with van der Waals surface area (Å²) in [5, 5.41) is 30.9. The fourth-order valence-electron chi connectivity index (χ4n) is 4.86. The Morgan fingerprint density at radius 1 is 1.20 bits per heavy atom. The zero-order valence-electron chi connectivity index (χ0n) is 22.3. The Balaban J connectivity index is 0.00000387. The van der Waals surface area contributed by atoms with Gasteiger partial charge in [0.05, 0.1) is 25.6 Å². The van der Waals surface area contributed by atoms with Crippen LogP contribution in [0.25, 0.3) is 0 Å². The molecule has 3 aliphatic heterocycles. The number of furan rings is 1. The average molecular weight is 593 g/mol. The number of carbonyl (C=O) groups is 5. The van der Waals surface area contributed by atoms with E-state index in [9.17, 15) is 34.2 Å². The van der Waals surface area contributed by atoms with Gasteiger partial charge in [0.25, 0.3) is 0 Å². The molecule has 4 atom stereocenters. The zero-order chi connectivity index (χ0) is 28.8. The van der Waals surface area contributed by atoms with Gasteiger partial charge < -0.3 is 30.2 Å². The number of amides is 6. The van der Waals surface area contributed by atoms with Crippen LogP contribution in [0.2, 0.25) is 0 Å². The Hall–Kier alpha value is -3.53. The molecule has 16 heteroatoms.